The van der Waals surface area contributed by atoms with E-state index < -0.39 is 0 Å². The van der Waals surface area contributed by atoms with E-state index in [1.807, 2.05) is 17.5 Å². The summed E-state index contributed by atoms with van der Waals surface area (Å²) in [5, 5.41) is 9.79. The van der Waals surface area contributed by atoms with Crippen LogP contribution >= 0.6 is 22.7 Å². The summed E-state index contributed by atoms with van der Waals surface area (Å²) in [6.07, 6.45) is 2.02. The average molecular weight is 691 g/mol. The first kappa shape index (κ1) is 22.9. The van der Waals surface area contributed by atoms with Crippen LogP contribution in [0.5, 0.6) is 0 Å². The van der Waals surface area contributed by atoms with E-state index in [0.717, 1.165) is 28.0 Å². The fourth-order valence-electron chi connectivity index (χ4n) is 5.68. The second-order valence-corrected chi connectivity index (χ2v) is 11.6. The van der Waals surface area contributed by atoms with Crippen molar-refractivity contribution in [2.75, 3.05) is 0 Å². The van der Waals surface area contributed by atoms with Crippen molar-refractivity contribution in [3.63, 3.8) is 0 Å². The first-order valence-corrected chi connectivity index (χ1v) is 13.6. The molecule has 0 fully saturated rings. The number of thiophene rings is 2. The largest absolute Gasteiger partial charge is 0.325 e. The van der Waals surface area contributed by atoms with Crippen LogP contribution in [-0.4, -0.2) is 14.0 Å². The van der Waals surface area contributed by atoms with Crippen molar-refractivity contribution in [2.24, 2.45) is 0 Å². The van der Waals surface area contributed by atoms with Crippen molar-refractivity contribution in [3.8, 4) is 16.9 Å². The van der Waals surface area contributed by atoms with Crippen LogP contribution in [0.25, 0.3) is 65.4 Å². The monoisotopic (exact) mass is 691 g/mol. The first-order chi connectivity index (χ1) is 17.7. The zero-order chi connectivity index (χ0) is 24.0. The van der Waals surface area contributed by atoms with Crippen molar-refractivity contribution < 1.29 is 20.1 Å². The number of para-hydroxylation sites is 2. The summed E-state index contributed by atoms with van der Waals surface area (Å²) in [5.41, 5.74) is 6.84. The third-order valence-electron chi connectivity index (χ3n) is 7.18. The van der Waals surface area contributed by atoms with Crippen LogP contribution in [0.1, 0.15) is 9.75 Å². The number of nitrogens with zero attached hydrogens (tertiary/aromatic N) is 3. The van der Waals surface area contributed by atoms with Crippen LogP contribution in [0.15, 0.2) is 85.1 Å². The molecule has 0 amide bonds. The molecule has 0 unspecified atom stereocenters. The molecule has 6 heteroatoms. The number of aromatic nitrogens is 3. The summed E-state index contributed by atoms with van der Waals surface area (Å²) in [4.78, 5) is 8.78. The van der Waals surface area contributed by atoms with Crippen LogP contribution in [0.3, 0.4) is 0 Å². The molecule has 0 aliphatic rings. The topological polar surface area (TPSA) is 22.2 Å². The van der Waals surface area contributed by atoms with E-state index in [1.54, 1.807) is 11.3 Å². The molecule has 3 aromatic carbocycles. The number of benzene rings is 3. The fraction of sp³-hybridized carbons (Fsp3) is 0.0645. The number of rotatable bonds is 2. The van der Waals surface area contributed by atoms with Gasteiger partial charge in [0, 0.05) is 53.2 Å². The van der Waals surface area contributed by atoms with Crippen LogP contribution < -0.4 is 0 Å². The van der Waals surface area contributed by atoms with E-state index in [1.165, 1.54) is 47.2 Å². The van der Waals surface area contributed by atoms with Gasteiger partial charge in [0.15, 0.2) is 0 Å². The van der Waals surface area contributed by atoms with Gasteiger partial charge in [0.2, 0.25) is 0 Å². The maximum absolute atomic E-state index is 4.93. The molecule has 3 nitrogen and oxygen atoms in total. The summed E-state index contributed by atoms with van der Waals surface area (Å²) in [6, 6.07) is 28.5. The third kappa shape index (κ3) is 3.17. The quantitative estimate of drug-likeness (QED) is 0.166. The Labute approximate surface area is 235 Å². The second-order valence-electron chi connectivity index (χ2n) is 9.31. The Morgan fingerprint density at radius 1 is 0.811 bits per heavy atom. The Bertz CT molecular complexity index is 2090. The van der Waals surface area contributed by atoms with Gasteiger partial charge >= 0.3 is 0 Å². The first-order valence-electron chi connectivity index (χ1n) is 12.0. The van der Waals surface area contributed by atoms with E-state index in [-0.39, 0.29) is 20.1 Å². The van der Waals surface area contributed by atoms with E-state index in [4.69, 9.17) is 4.98 Å². The zero-order valence-electron chi connectivity index (χ0n) is 20.1. The molecule has 5 aromatic heterocycles. The molecule has 0 spiro atoms. The number of aryl methyl sites for hydroxylation is 2. The summed E-state index contributed by atoms with van der Waals surface area (Å²) in [7, 11) is 0. The molecule has 0 saturated carbocycles. The Balaban J connectivity index is 0.00000231. The molecular formula is C31H20IrN3S2-. The molecule has 0 atom stereocenters. The predicted octanol–water partition coefficient (Wildman–Crippen LogP) is 8.94. The molecule has 8 aromatic rings. The fourth-order valence-corrected chi connectivity index (χ4v) is 7.47. The molecule has 1 radical (unpaired) electrons. The van der Waals surface area contributed by atoms with Gasteiger partial charge in [-0.05, 0) is 42.6 Å². The normalized spacial score (nSPS) is 11.8. The Morgan fingerprint density at radius 2 is 1.54 bits per heavy atom. The van der Waals surface area contributed by atoms with Gasteiger partial charge in [-0.25, -0.2) is 0 Å². The molecule has 181 valence electrons. The minimum Gasteiger partial charge on any atom is -0.325 e. The van der Waals surface area contributed by atoms with Crippen molar-refractivity contribution in [2.45, 2.75) is 13.8 Å². The van der Waals surface area contributed by atoms with Crippen LogP contribution in [0.2, 0.25) is 0 Å². The minimum atomic E-state index is 0. The Hall–Kier alpha value is -3.28. The summed E-state index contributed by atoms with van der Waals surface area (Å²) in [6.45, 7) is 4.37. The van der Waals surface area contributed by atoms with E-state index in [2.05, 4.69) is 107 Å². The smallest absolute Gasteiger partial charge is 0.0907 e. The van der Waals surface area contributed by atoms with Crippen LogP contribution in [0.4, 0.5) is 0 Å². The van der Waals surface area contributed by atoms with Gasteiger partial charge in [0.25, 0.3) is 0 Å². The maximum Gasteiger partial charge on any atom is 0.0907 e. The van der Waals surface area contributed by atoms with Crippen molar-refractivity contribution in [3.05, 3.63) is 100 Å². The molecule has 0 aliphatic carbocycles. The predicted molar refractivity (Wildman–Crippen MR) is 154 cm³/mol. The van der Waals surface area contributed by atoms with Crippen molar-refractivity contribution in [1.29, 1.82) is 0 Å². The van der Waals surface area contributed by atoms with Crippen molar-refractivity contribution >= 4 is 71.1 Å². The Kier molecular flexibility index (Phi) is 5.18. The SMILES string of the molecule is Cc1cc2c3c(C)s[c-]c3c3ncc(-c4cccc(-n5c6ccccc6c6ccccc65)c4)n3c2s1.[Ir]. The molecule has 5 heterocycles. The molecule has 8 rings (SSSR count). The third-order valence-corrected chi connectivity index (χ3v) is 9.03. The van der Waals surface area contributed by atoms with Gasteiger partial charge in [-0.3, -0.25) is 16.3 Å². The Morgan fingerprint density at radius 3 is 2.30 bits per heavy atom. The molecular weight excluding hydrogens is 671 g/mol. The van der Waals surface area contributed by atoms with Crippen molar-refractivity contribution in [1.82, 2.24) is 14.0 Å². The molecule has 0 N–H and O–H groups in total. The van der Waals surface area contributed by atoms with Gasteiger partial charge < -0.3 is 8.97 Å². The summed E-state index contributed by atoms with van der Waals surface area (Å²) < 4.78 is 4.71. The minimum absolute atomic E-state index is 0. The molecule has 0 aliphatic heterocycles. The average Bonchev–Trinajstić information content (AvgIpc) is 3.66. The van der Waals surface area contributed by atoms with E-state index in [9.17, 15) is 0 Å². The van der Waals surface area contributed by atoms with E-state index >= 15 is 0 Å². The van der Waals surface area contributed by atoms with Crippen LogP contribution in [-0.2, 0) is 20.1 Å². The van der Waals surface area contributed by atoms with Crippen LogP contribution in [0, 0.1) is 19.2 Å². The van der Waals surface area contributed by atoms with Gasteiger partial charge in [0.05, 0.1) is 27.2 Å². The number of imidazole rings is 1. The maximum atomic E-state index is 4.93. The molecule has 37 heavy (non-hydrogen) atoms. The molecule has 0 saturated heterocycles. The van der Waals surface area contributed by atoms with Gasteiger partial charge in [0.1, 0.15) is 0 Å². The number of pyridine rings is 1. The second kappa shape index (κ2) is 8.37. The number of hydrogen-bond acceptors (Lipinski definition) is 3. The van der Waals surface area contributed by atoms with Gasteiger partial charge in [-0.1, -0.05) is 66.2 Å². The van der Waals surface area contributed by atoms with Gasteiger partial charge in [-0.15, -0.1) is 21.6 Å². The van der Waals surface area contributed by atoms with E-state index in [0.29, 0.717) is 0 Å². The number of hydrogen-bond donors (Lipinski definition) is 0. The standard InChI is InChI=1S/C31H20N3S2.Ir/c1-18-14-24-29-19(2)35-17-25(29)30-32-16-28(34(30)31(24)36-18)20-8-7-9-21(15-20)33-26-12-5-3-10-22(26)23-11-4-6-13-27(23)33;/h3-16H,1-2H3;/q-1;. The zero-order valence-corrected chi connectivity index (χ0v) is 24.1. The summed E-state index contributed by atoms with van der Waals surface area (Å²) in [5.74, 6) is 0. The number of fused-ring (bicyclic) bond motifs is 9. The molecule has 0 bridgehead atoms. The summed E-state index contributed by atoms with van der Waals surface area (Å²) >= 11 is 3.52. The van der Waals surface area contributed by atoms with Gasteiger partial charge in [-0.2, -0.15) is 0 Å².